The molecule has 5 heteroatoms. The summed E-state index contributed by atoms with van der Waals surface area (Å²) in [6, 6.07) is 18.2. The van der Waals surface area contributed by atoms with Gasteiger partial charge in [0.1, 0.15) is 0 Å². The van der Waals surface area contributed by atoms with Crippen LogP contribution in [0.15, 0.2) is 59.5 Å². The van der Waals surface area contributed by atoms with Crippen LogP contribution in [0, 0.1) is 0 Å². The van der Waals surface area contributed by atoms with Gasteiger partial charge in [0.2, 0.25) is 0 Å². The highest BCUT2D eigenvalue weighted by Crippen LogP contribution is 2.32. The van der Waals surface area contributed by atoms with Gasteiger partial charge in [-0.15, -0.1) is 0 Å². The van der Waals surface area contributed by atoms with Gasteiger partial charge < -0.3 is 4.90 Å². The molecule has 0 spiro atoms. The first kappa shape index (κ1) is 20.2. The summed E-state index contributed by atoms with van der Waals surface area (Å²) in [6.07, 6.45) is 3.44. The normalized spacial score (nSPS) is 15.5. The van der Waals surface area contributed by atoms with Crippen molar-refractivity contribution in [2.45, 2.75) is 26.7 Å². The van der Waals surface area contributed by atoms with Gasteiger partial charge >= 0.3 is 0 Å². The second-order valence-corrected chi connectivity index (χ2v) is 7.68. The molecule has 0 aliphatic carbocycles. The van der Waals surface area contributed by atoms with E-state index in [0.717, 1.165) is 48.9 Å². The van der Waals surface area contributed by atoms with E-state index in [0.29, 0.717) is 11.4 Å². The number of hydrogen-bond donors (Lipinski definition) is 0. The molecule has 2 aromatic carbocycles. The molecule has 1 aliphatic rings. The van der Waals surface area contributed by atoms with Gasteiger partial charge in [-0.05, 0) is 67.8 Å². The Morgan fingerprint density at radius 3 is 2.29 bits per heavy atom. The fourth-order valence-corrected chi connectivity index (χ4v) is 4.17. The maximum absolute atomic E-state index is 12.6. The molecule has 2 aromatic rings. The average molecular weight is 395 g/mol. The Balaban J connectivity index is 1.62. The van der Waals surface area contributed by atoms with Crippen molar-refractivity contribution in [1.82, 2.24) is 4.90 Å². The highest BCUT2D eigenvalue weighted by molar-refractivity contribution is 8.18. The Morgan fingerprint density at radius 2 is 1.64 bits per heavy atom. The molecular formula is C23H26N2O2S. The molecule has 0 aromatic heterocycles. The Labute approximate surface area is 171 Å². The lowest BCUT2D eigenvalue weighted by molar-refractivity contribution is -0.122. The third-order valence-corrected chi connectivity index (χ3v) is 5.79. The van der Waals surface area contributed by atoms with Crippen LogP contribution >= 0.6 is 11.8 Å². The maximum Gasteiger partial charge on any atom is 0.293 e. The van der Waals surface area contributed by atoms with Gasteiger partial charge in [0.25, 0.3) is 11.1 Å². The Hall–Kier alpha value is -2.53. The second kappa shape index (κ2) is 9.60. The molecule has 1 saturated heterocycles. The Morgan fingerprint density at radius 1 is 0.964 bits per heavy atom. The topological polar surface area (TPSA) is 40.6 Å². The lowest BCUT2D eigenvalue weighted by atomic mass is 10.1. The summed E-state index contributed by atoms with van der Waals surface area (Å²) in [5, 5.41) is -0.177. The fourth-order valence-electron chi connectivity index (χ4n) is 3.30. The lowest BCUT2D eigenvalue weighted by Gasteiger charge is -2.20. The molecule has 0 atom stereocenters. The van der Waals surface area contributed by atoms with E-state index in [1.807, 2.05) is 36.4 Å². The third kappa shape index (κ3) is 4.84. The fraction of sp³-hybridized carbons (Fsp3) is 0.304. The van der Waals surface area contributed by atoms with Crippen LogP contribution in [0.25, 0.3) is 6.08 Å². The van der Waals surface area contributed by atoms with E-state index < -0.39 is 0 Å². The molecule has 0 radical (unpaired) electrons. The van der Waals surface area contributed by atoms with Crippen LogP contribution in [0.4, 0.5) is 10.5 Å². The molecule has 3 rings (SSSR count). The van der Waals surface area contributed by atoms with E-state index in [1.165, 1.54) is 10.5 Å². The van der Waals surface area contributed by atoms with Crippen LogP contribution in [0.2, 0.25) is 0 Å². The number of rotatable bonds is 8. The SMILES string of the molecule is CCN(CC)c1ccc(/C=C2/SC(=O)N(CCCc3ccccc3)C2=O)cc1. The van der Waals surface area contributed by atoms with Crippen molar-refractivity contribution < 1.29 is 9.59 Å². The predicted molar refractivity (Wildman–Crippen MR) is 117 cm³/mol. The molecule has 146 valence electrons. The number of carbonyl (C=O) groups excluding carboxylic acids is 2. The summed E-state index contributed by atoms with van der Waals surface area (Å²) in [6.45, 7) is 6.63. The van der Waals surface area contributed by atoms with E-state index in [4.69, 9.17) is 0 Å². The quantitative estimate of drug-likeness (QED) is 0.577. The van der Waals surface area contributed by atoms with Crippen LogP contribution in [-0.2, 0) is 11.2 Å². The van der Waals surface area contributed by atoms with Gasteiger partial charge in [0.05, 0.1) is 4.91 Å². The van der Waals surface area contributed by atoms with Crippen LogP contribution < -0.4 is 4.90 Å². The highest BCUT2D eigenvalue weighted by Gasteiger charge is 2.34. The average Bonchev–Trinajstić information content (AvgIpc) is 2.98. The number of hydrogen-bond acceptors (Lipinski definition) is 4. The zero-order valence-corrected chi connectivity index (χ0v) is 17.2. The molecule has 1 heterocycles. The first-order valence-electron chi connectivity index (χ1n) is 9.76. The largest absolute Gasteiger partial charge is 0.372 e. The maximum atomic E-state index is 12.6. The minimum absolute atomic E-state index is 0.177. The zero-order valence-electron chi connectivity index (χ0n) is 16.4. The molecule has 0 bridgehead atoms. The number of imide groups is 1. The first-order valence-corrected chi connectivity index (χ1v) is 10.6. The molecule has 0 saturated carbocycles. The summed E-state index contributed by atoms with van der Waals surface area (Å²) in [5.41, 5.74) is 3.32. The van der Waals surface area contributed by atoms with Crippen molar-refractivity contribution >= 4 is 34.7 Å². The molecule has 0 N–H and O–H groups in total. The molecule has 0 unspecified atom stereocenters. The highest BCUT2D eigenvalue weighted by atomic mass is 32.2. The number of nitrogens with zero attached hydrogens (tertiary/aromatic N) is 2. The summed E-state index contributed by atoms with van der Waals surface area (Å²) in [4.78, 5) is 29.0. The van der Waals surface area contributed by atoms with Crippen LogP contribution in [0.1, 0.15) is 31.4 Å². The van der Waals surface area contributed by atoms with Gasteiger partial charge in [-0.1, -0.05) is 42.5 Å². The molecule has 28 heavy (non-hydrogen) atoms. The number of amides is 2. The van der Waals surface area contributed by atoms with Gasteiger partial charge in [-0.3, -0.25) is 14.5 Å². The minimum Gasteiger partial charge on any atom is -0.372 e. The van der Waals surface area contributed by atoms with E-state index in [-0.39, 0.29) is 11.1 Å². The molecular weight excluding hydrogens is 368 g/mol. The first-order chi connectivity index (χ1) is 13.6. The smallest absolute Gasteiger partial charge is 0.293 e. The monoisotopic (exact) mass is 394 g/mol. The van der Waals surface area contributed by atoms with Gasteiger partial charge in [0, 0.05) is 25.3 Å². The van der Waals surface area contributed by atoms with Crippen LogP contribution in [0.3, 0.4) is 0 Å². The van der Waals surface area contributed by atoms with Crippen molar-refractivity contribution in [3.8, 4) is 0 Å². The van der Waals surface area contributed by atoms with Crippen molar-refractivity contribution in [2.75, 3.05) is 24.5 Å². The Bertz CT molecular complexity index is 843. The third-order valence-electron chi connectivity index (χ3n) is 4.88. The van der Waals surface area contributed by atoms with Crippen molar-refractivity contribution in [1.29, 1.82) is 0 Å². The lowest BCUT2D eigenvalue weighted by Crippen LogP contribution is -2.29. The number of anilines is 1. The summed E-state index contributed by atoms with van der Waals surface area (Å²) in [7, 11) is 0. The number of benzene rings is 2. The second-order valence-electron chi connectivity index (χ2n) is 6.69. The zero-order chi connectivity index (χ0) is 19.9. The summed E-state index contributed by atoms with van der Waals surface area (Å²) < 4.78 is 0. The summed E-state index contributed by atoms with van der Waals surface area (Å²) in [5.74, 6) is -0.184. The predicted octanol–water partition coefficient (Wildman–Crippen LogP) is 5.20. The van der Waals surface area contributed by atoms with E-state index >= 15 is 0 Å². The number of thioether (sulfide) groups is 1. The summed E-state index contributed by atoms with van der Waals surface area (Å²) >= 11 is 1.03. The van der Waals surface area contributed by atoms with E-state index in [1.54, 1.807) is 0 Å². The number of aryl methyl sites for hydroxylation is 1. The number of carbonyl (C=O) groups is 2. The molecule has 1 fully saturated rings. The molecule has 2 amide bonds. The minimum atomic E-state index is -0.184. The van der Waals surface area contributed by atoms with Crippen molar-refractivity contribution in [3.05, 3.63) is 70.6 Å². The van der Waals surface area contributed by atoms with Gasteiger partial charge in [0.15, 0.2) is 0 Å². The van der Waals surface area contributed by atoms with E-state index in [9.17, 15) is 9.59 Å². The standard InChI is InChI=1S/C23H26N2O2S/c1-3-24(4-2)20-14-12-19(13-15-20)17-21-22(26)25(23(27)28-21)16-8-11-18-9-6-5-7-10-18/h5-7,9-10,12-15,17H,3-4,8,11,16H2,1-2H3/b21-17+. The van der Waals surface area contributed by atoms with Crippen LogP contribution in [0.5, 0.6) is 0 Å². The van der Waals surface area contributed by atoms with Gasteiger partial charge in [-0.25, -0.2) is 0 Å². The van der Waals surface area contributed by atoms with Crippen molar-refractivity contribution in [2.24, 2.45) is 0 Å². The van der Waals surface area contributed by atoms with Gasteiger partial charge in [-0.2, -0.15) is 0 Å². The molecule has 1 aliphatic heterocycles. The van der Waals surface area contributed by atoms with Crippen molar-refractivity contribution in [3.63, 3.8) is 0 Å². The van der Waals surface area contributed by atoms with Crippen LogP contribution in [-0.4, -0.2) is 35.7 Å². The van der Waals surface area contributed by atoms with E-state index in [2.05, 4.69) is 43.0 Å². The Kier molecular flexibility index (Phi) is 6.93. The molecule has 4 nitrogen and oxygen atoms in total.